The van der Waals surface area contributed by atoms with Crippen LogP contribution in [0.1, 0.15) is 42.5 Å². The lowest BCUT2D eigenvalue weighted by Crippen LogP contribution is -2.18. The number of anilines is 1. The van der Waals surface area contributed by atoms with E-state index in [1.54, 1.807) is 0 Å². The Morgan fingerprint density at radius 2 is 1.90 bits per heavy atom. The van der Waals surface area contributed by atoms with E-state index in [-0.39, 0.29) is 0 Å². The molecule has 4 nitrogen and oxygen atoms in total. The van der Waals surface area contributed by atoms with Crippen LogP contribution in [-0.4, -0.2) is 33.7 Å². The zero-order chi connectivity index (χ0) is 15.0. The van der Waals surface area contributed by atoms with Crippen LogP contribution in [0, 0.1) is 13.8 Å². The number of aromatic nitrogens is 2. The first-order chi connectivity index (χ1) is 9.57. The Labute approximate surface area is 131 Å². The van der Waals surface area contributed by atoms with Crippen molar-refractivity contribution in [2.24, 2.45) is 5.73 Å². The second-order valence-electron chi connectivity index (χ2n) is 4.83. The van der Waals surface area contributed by atoms with Crippen LogP contribution in [0.2, 0.25) is 0 Å². The Morgan fingerprint density at radius 3 is 2.55 bits per heavy atom. The Bertz CT molecular complexity index is 449. The SMILES string of the molecule is CSCCCCCCNc1nnc(C)c(C)c1C(N)=S. The van der Waals surface area contributed by atoms with Crippen LogP contribution in [0.4, 0.5) is 5.82 Å². The van der Waals surface area contributed by atoms with Gasteiger partial charge in [-0.3, -0.25) is 0 Å². The molecule has 20 heavy (non-hydrogen) atoms. The lowest BCUT2D eigenvalue weighted by Gasteiger charge is -2.13. The molecule has 1 rings (SSSR count). The van der Waals surface area contributed by atoms with Crippen LogP contribution in [-0.2, 0) is 0 Å². The van der Waals surface area contributed by atoms with E-state index in [2.05, 4.69) is 21.8 Å². The molecule has 0 aliphatic rings. The van der Waals surface area contributed by atoms with Crippen LogP contribution in [0.5, 0.6) is 0 Å². The van der Waals surface area contributed by atoms with Crippen molar-refractivity contribution in [3.63, 3.8) is 0 Å². The van der Waals surface area contributed by atoms with E-state index in [4.69, 9.17) is 18.0 Å². The molecule has 3 N–H and O–H groups in total. The topological polar surface area (TPSA) is 63.8 Å². The Balaban J connectivity index is 2.48. The molecular formula is C14H24N4S2. The minimum Gasteiger partial charge on any atom is -0.389 e. The van der Waals surface area contributed by atoms with Crippen molar-refractivity contribution in [1.82, 2.24) is 10.2 Å². The summed E-state index contributed by atoms with van der Waals surface area (Å²) in [5, 5.41) is 11.6. The molecule has 0 aromatic carbocycles. The number of aryl methyl sites for hydroxylation is 1. The van der Waals surface area contributed by atoms with Crippen LogP contribution in [0.3, 0.4) is 0 Å². The highest BCUT2D eigenvalue weighted by Gasteiger charge is 2.12. The fourth-order valence-corrected chi connectivity index (χ4v) is 2.71. The summed E-state index contributed by atoms with van der Waals surface area (Å²) < 4.78 is 0. The molecule has 0 fully saturated rings. The Hall–Kier alpha value is -0.880. The zero-order valence-corrected chi connectivity index (χ0v) is 14.2. The molecule has 0 spiro atoms. The van der Waals surface area contributed by atoms with E-state index in [9.17, 15) is 0 Å². The highest BCUT2D eigenvalue weighted by Crippen LogP contribution is 2.18. The maximum atomic E-state index is 5.79. The molecule has 0 aliphatic heterocycles. The summed E-state index contributed by atoms with van der Waals surface area (Å²) in [6.07, 6.45) is 7.08. The maximum Gasteiger partial charge on any atom is 0.159 e. The third kappa shape index (κ3) is 5.25. The number of hydrogen-bond acceptors (Lipinski definition) is 5. The minimum atomic E-state index is 0.378. The summed E-state index contributed by atoms with van der Waals surface area (Å²) >= 11 is 7.02. The quantitative estimate of drug-likeness (QED) is 0.540. The number of rotatable bonds is 9. The second-order valence-corrected chi connectivity index (χ2v) is 6.26. The van der Waals surface area contributed by atoms with E-state index >= 15 is 0 Å². The summed E-state index contributed by atoms with van der Waals surface area (Å²) in [4.78, 5) is 0.378. The van der Waals surface area contributed by atoms with Crippen molar-refractivity contribution in [2.45, 2.75) is 39.5 Å². The predicted octanol–water partition coefficient (Wildman–Crippen LogP) is 3.06. The lowest BCUT2D eigenvalue weighted by atomic mass is 10.1. The van der Waals surface area contributed by atoms with Crippen molar-refractivity contribution in [1.29, 1.82) is 0 Å². The molecule has 0 unspecified atom stereocenters. The van der Waals surface area contributed by atoms with Gasteiger partial charge in [0, 0.05) is 6.54 Å². The van der Waals surface area contributed by atoms with E-state index in [0.717, 1.165) is 29.8 Å². The van der Waals surface area contributed by atoms with Gasteiger partial charge in [0.25, 0.3) is 0 Å². The molecule has 1 aromatic rings. The maximum absolute atomic E-state index is 5.79. The minimum absolute atomic E-state index is 0.378. The summed E-state index contributed by atoms with van der Waals surface area (Å²) in [6.45, 7) is 4.78. The summed E-state index contributed by atoms with van der Waals surface area (Å²) in [5.74, 6) is 1.96. The molecule has 112 valence electrons. The van der Waals surface area contributed by atoms with Gasteiger partial charge in [0.2, 0.25) is 0 Å². The van der Waals surface area contributed by atoms with Gasteiger partial charge in [0.1, 0.15) is 4.99 Å². The van der Waals surface area contributed by atoms with E-state index in [0.29, 0.717) is 10.8 Å². The van der Waals surface area contributed by atoms with Gasteiger partial charge in [0.05, 0.1) is 11.3 Å². The number of hydrogen-bond donors (Lipinski definition) is 2. The van der Waals surface area contributed by atoms with Crippen molar-refractivity contribution in [3.05, 3.63) is 16.8 Å². The van der Waals surface area contributed by atoms with E-state index < -0.39 is 0 Å². The molecule has 6 heteroatoms. The molecule has 0 aliphatic carbocycles. The Morgan fingerprint density at radius 1 is 1.20 bits per heavy atom. The highest BCUT2D eigenvalue weighted by molar-refractivity contribution is 7.98. The highest BCUT2D eigenvalue weighted by atomic mass is 32.2. The molecule has 0 radical (unpaired) electrons. The van der Waals surface area contributed by atoms with E-state index in [1.807, 2.05) is 25.6 Å². The number of nitrogens with zero attached hydrogens (tertiary/aromatic N) is 2. The van der Waals surface area contributed by atoms with Crippen molar-refractivity contribution in [3.8, 4) is 0 Å². The van der Waals surface area contributed by atoms with Gasteiger partial charge in [-0.1, -0.05) is 25.1 Å². The van der Waals surface area contributed by atoms with Gasteiger partial charge >= 0.3 is 0 Å². The average molecular weight is 313 g/mol. The number of thiocarbonyl (C=S) groups is 1. The number of thioether (sulfide) groups is 1. The number of nitrogens with one attached hydrogen (secondary N) is 1. The van der Waals surface area contributed by atoms with Crippen LogP contribution < -0.4 is 11.1 Å². The molecule has 0 saturated heterocycles. The summed E-state index contributed by atoms with van der Waals surface area (Å²) in [7, 11) is 0. The molecule has 0 amide bonds. The molecule has 0 saturated carbocycles. The van der Waals surface area contributed by atoms with Crippen molar-refractivity contribution in [2.75, 3.05) is 23.9 Å². The lowest BCUT2D eigenvalue weighted by molar-refractivity contribution is 0.687. The van der Waals surface area contributed by atoms with Gasteiger partial charge in [-0.2, -0.15) is 16.9 Å². The van der Waals surface area contributed by atoms with Crippen LogP contribution in [0.15, 0.2) is 0 Å². The van der Waals surface area contributed by atoms with Gasteiger partial charge in [-0.15, -0.1) is 5.10 Å². The third-order valence-corrected chi connectivity index (χ3v) is 4.17. The fourth-order valence-electron chi connectivity index (χ4n) is 1.97. The van der Waals surface area contributed by atoms with Gasteiger partial charge in [-0.05, 0) is 44.3 Å². The smallest absolute Gasteiger partial charge is 0.159 e. The normalized spacial score (nSPS) is 10.6. The fraction of sp³-hybridized carbons (Fsp3) is 0.643. The zero-order valence-electron chi connectivity index (χ0n) is 12.5. The standard InChI is InChI=1S/C14H24N4S2/c1-10-11(2)17-18-14(12(10)13(15)19)16-8-6-4-5-7-9-20-3/h4-9H2,1-3H3,(H2,15,19)(H,16,18). The first-order valence-electron chi connectivity index (χ1n) is 6.94. The van der Waals surface area contributed by atoms with Crippen molar-refractivity contribution >= 4 is 34.8 Å². The second kappa shape index (κ2) is 9.13. The average Bonchev–Trinajstić information content (AvgIpc) is 2.41. The van der Waals surface area contributed by atoms with Crippen LogP contribution >= 0.6 is 24.0 Å². The van der Waals surface area contributed by atoms with Gasteiger partial charge < -0.3 is 11.1 Å². The molecule has 1 aromatic heterocycles. The predicted molar refractivity (Wildman–Crippen MR) is 92.7 cm³/mol. The molecular weight excluding hydrogens is 288 g/mol. The van der Waals surface area contributed by atoms with Crippen molar-refractivity contribution < 1.29 is 0 Å². The van der Waals surface area contributed by atoms with Gasteiger partial charge in [0.15, 0.2) is 5.82 Å². The number of nitrogens with two attached hydrogens (primary N) is 1. The first-order valence-corrected chi connectivity index (χ1v) is 8.74. The van der Waals surface area contributed by atoms with Gasteiger partial charge in [-0.25, -0.2) is 0 Å². The summed E-state index contributed by atoms with van der Waals surface area (Å²) in [6, 6.07) is 0. The molecule has 0 atom stereocenters. The first kappa shape index (κ1) is 17.2. The van der Waals surface area contributed by atoms with Crippen LogP contribution in [0.25, 0.3) is 0 Å². The monoisotopic (exact) mass is 312 g/mol. The molecule has 1 heterocycles. The van der Waals surface area contributed by atoms with E-state index in [1.165, 1.54) is 25.0 Å². The number of unbranched alkanes of at least 4 members (excludes halogenated alkanes) is 3. The summed E-state index contributed by atoms with van der Waals surface area (Å²) in [5.41, 5.74) is 8.50. The molecule has 0 bridgehead atoms. The Kier molecular flexibility index (Phi) is 7.84. The third-order valence-electron chi connectivity index (χ3n) is 3.27. The largest absolute Gasteiger partial charge is 0.389 e.